The van der Waals surface area contributed by atoms with Crippen molar-refractivity contribution in [2.45, 2.75) is 6.42 Å². The van der Waals surface area contributed by atoms with Gasteiger partial charge >= 0.3 is 0 Å². The van der Waals surface area contributed by atoms with Gasteiger partial charge < -0.3 is 5.11 Å². The predicted octanol–water partition coefficient (Wildman–Crippen LogP) is 2.51. The summed E-state index contributed by atoms with van der Waals surface area (Å²) in [6.07, 6.45) is 4.38. The molecule has 15 heavy (non-hydrogen) atoms. The number of nitriles is 1. The van der Waals surface area contributed by atoms with Crippen LogP contribution in [0.3, 0.4) is 0 Å². The molecular formula is C13H13NO. The summed E-state index contributed by atoms with van der Waals surface area (Å²) < 4.78 is 0. The highest BCUT2D eigenvalue weighted by Crippen LogP contribution is 2.08. The molecule has 2 nitrogen and oxygen atoms in total. The lowest BCUT2D eigenvalue weighted by molar-refractivity contribution is 0.300. The van der Waals surface area contributed by atoms with E-state index in [2.05, 4.69) is 12.6 Å². The Morgan fingerprint density at radius 3 is 2.60 bits per heavy atom. The van der Waals surface area contributed by atoms with Crippen molar-refractivity contribution < 1.29 is 5.11 Å². The zero-order chi connectivity index (χ0) is 11.1. The fraction of sp³-hybridized carbons (Fsp3) is 0.154. The number of aliphatic hydroxyl groups excluding tert-OH is 1. The quantitative estimate of drug-likeness (QED) is 0.757. The average molecular weight is 199 g/mol. The molecule has 2 heteroatoms. The SMILES string of the molecule is C=C(/C=C/c1ccc(C#N)cc1)CCO. The van der Waals surface area contributed by atoms with E-state index < -0.39 is 0 Å². The molecule has 0 bridgehead atoms. The van der Waals surface area contributed by atoms with Gasteiger partial charge in [0.2, 0.25) is 0 Å². The highest BCUT2D eigenvalue weighted by Gasteiger charge is 1.90. The molecule has 0 atom stereocenters. The molecule has 0 saturated heterocycles. The van der Waals surface area contributed by atoms with Gasteiger partial charge in [-0.3, -0.25) is 0 Å². The number of rotatable bonds is 4. The van der Waals surface area contributed by atoms with Crippen LogP contribution in [-0.2, 0) is 0 Å². The number of nitrogens with zero attached hydrogens (tertiary/aromatic N) is 1. The minimum atomic E-state index is 0.122. The Kier molecular flexibility index (Phi) is 4.33. The van der Waals surface area contributed by atoms with E-state index in [9.17, 15) is 0 Å². The van der Waals surface area contributed by atoms with Crippen LogP contribution in [0.2, 0.25) is 0 Å². The van der Waals surface area contributed by atoms with Crippen LogP contribution in [0.1, 0.15) is 17.5 Å². The first-order chi connectivity index (χ1) is 7.26. The van der Waals surface area contributed by atoms with E-state index in [-0.39, 0.29) is 6.61 Å². The standard InChI is InChI=1S/C13H13NO/c1-11(8-9-15)2-3-12-4-6-13(10-14)7-5-12/h2-7,15H,1,8-9H2/b3-2+. The maximum atomic E-state index is 8.67. The first-order valence-corrected chi connectivity index (χ1v) is 4.73. The third-order valence-corrected chi connectivity index (χ3v) is 1.98. The molecule has 1 rings (SSSR count). The zero-order valence-corrected chi connectivity index (χ0v) is 8.48. The van der Waals surface area contributed by atoms with Crippen molar-refractivity contribution in [1.82, 2.24) is 0 Å². The molecule has 0 saturated carbocycles. The van der Waals surface area contributed by atoms with E-state index in [4.69, 9.17) is 10.4 Å². The van der Waals surface area contributed by atoms with Gasteiger partial charge in [0.15, 0.2) is 0 Å². The van der Waals surface area contributed by atoms with E-state index in [0.29, 0.717) is 12.0 Å². The number of hydrogen-bond donors (Lipinski definition) is 1. The summed E-state index contributed by atoms with van der Waals surface area (Å²) in [6, 6.07) is 9.36. The fourth-order valence-corrected chi connectivity index (χ4v) is 1.11. The largest absolute Gasteiger partial charge is 0.396 e. The van der Waals surface area contributed by atoms with Crippen molar-refractivity contribution in [1.29, 1.82) is 5.26 Å². The van der Waals surface area contributed by atoms with E-state index in [1.54, 1.807) is 12.1 Å². The van der Waals surface area contributed by atoms with Gasteiger partial charge in [0.05, 0.1) is 11.6 Å². The molecule has 76 valence electrons. The van der Waals surface area contributed by atoms with Crippen LogP contribution in [0.25, 0.3) is 6.08 Å². The summed E-state index contributed by atoms with van der Waals surface area (Å²) in [5.74, 6) is 0. The summed E-state index contributed by atoms with van der Waals surface area (Å²) in [4.78, 5) is 0. The third kappa shape index (κ3) is 3.80. The van der Waals surface area contributed by atoms with E-state index in [1.807, 2.05) is 24.3 Å². The molecule has 0 aromatic heterocycles. The van der Waals surface area contributed by atoms with Crippen molar-refractivity contribution >= 4 is 6.08 Å². The smallest absolute Gasteiger partial charge is 0.0991 e. The second-order valence-corrected chi connectivity index (χ2v) is 3.20. The molecule has 0 spiro atoms. The van der Waals surface area contributed by atoms with Gasteiger partial charge in [-0.1, -0.05) is 36.4 Å². The highest BCUT2D eigenvalue weighted by atomic mass is 16.2. The van der Waals surface area contributed by atoms with Gasteiger partial charge in [-0.2, -0.15) is 5.26 Å². The average Bonchev–Trinajstić information content (AvgIpc) is 2.27. The Morgan fingerprint density at radius 1 is 1.40 bits per heavy atom. The van der Waals surface area contributed by atoms with Crippen LogP contribution < -0.4 is 0 Å². The van der Waals surface area contributed by atoms with Crippen LogP contribution in [0.5, 0.6) is 0 Å². The Labute approximate surface area is 89.8 Å². The minimum absolute atomic E-state index is 0.122. The van der Waals surface area contributed by atoms with Crippen molar-refractivity contribution in [3.05, 3.63) is 53.6 Å². The lowest BCUT2D eigenvalue weighted by Gasteiger charge is -1.96. The van der Waals surface area contributed by atoms with Gasteiger partial charge in [-0.15, -0.1) is 0 Å². The van der Waals surface area contributed by atoms with Crippen LogP contribution in [0.4, 0.5) is 0 Å². The van der Waals surface area contributed by atoms with Crippen molar-refractivity contribution in [2.75, 3.05) is 6.61 Å². The van der Waals surface area contributed by atoms with Gasteiger partial charge in [0.25, 0.3) is 0 Å². The zero-order valence-electron chi connectivity index (χ0n) is 8.48. The molecule has 0 unspecified atom stereocenters. The molecule has 1 N–H and O–H groups in total. The van der Waals surface area contributed by atoms with E-state index in [0.717, 1.165) is 11.1 Å². The fourth-order valence-electron chi connectivity index (χ4n) is 1.11. The molecular weight excluding hydrogens is 186 g/mol. The molecule has 0 fully saturated rings. The maximum absolute atomic E-state index is 8.67. The van der Waals surface area contributed by atoms with Crippen LogP contribution >= 0.6 is 0 Å². The molecule has 1 aromatic rings. The Morgan fingerprint density at radius 2 is 2.07 bits per heavy atom. The van der Waals surface area contributed by atoms with Gasteiger partial charge in [-0.05, 0) is 24.1 Å². The predicted molar refractivity (Wildman–Crippen MR) is 61.0 cm³/mol. The van der Waals surface area contributed by atoms with Gasteiger partial charge in [0, 0.05) is 6.61 Å². The molecule has 0 amide bonds. The normalized spacial score (nSPS) is 10.1. The second-order valence-electron chi connectivity index (χ2n) is 3.20. The van der Waals surface area contributed by atoms with E-state index >= 15 is 0 Å². The number of allylic oxidation sites excluding steroid dienone is 1. The van der Waals surface area contributed by atoms with Crippen molar-refractivity contribution in [3.63, 3.8) is 0 Å². The summed E-state index contributed by atoms with van der Waals surface area (Å²) in [6.45, 7) is 3.92. The number of benzene rings is 1. The lowest BCUT2D eigenvalue weighted by atomic mass is 10.1. The Balaban J connectivity index is 2.65. The summed E-state index contributed by atoms with van der Waals surface area (Å²) in [5.41, 5.74) is 2.57. The minimum Gasteiger partial charge on any atom is -0.396 e. The molecule has 0 heterocycles. The third-order valence-electron chi connectivity index (χ3n) is 1.98. The monoisotopic (exact) mass is 199 g/mol. The Bertz CT molecular complexity index is 396. The summed E-state index contributed by atoms with van der Waals surface area (Å²) in [5, 5.41) is 17.3. The van der Waals surface area contributed by atoms with Crippen LogP contribution in [0, 0.1) is 11.3 Å². The topological polar surface area (TPSA) is 44.0 Å². The molecule has 0 aliphatic heterocycles. The highest BCUT2D eigenvalue weighted by molar-refractivity contribution is 5.53. The summed E-state index contributed by atoms with van der Waals surface area (Å²) >= 11 is 0. The van der Waals surface area contributed by atoms with Crippen LogP contribution in [-0.4, -0.2) is 11.7 Å². The molecule has 0 aliphatic rings. The first kappa shape index (κ1) is 11.2. The molecule has 1 aromatic carbocycles. The van der Waals surface area contributed by atoms with E-state index in [1.165, 1.54) is 0 Å². The van der Waals surface area contributed by atoms with Crippen molar-refractivity contribution in [3.8, 4) is 6.07 Å². The first-order valence-electron chi connectivity index (χ1n) is 4.73. The van der Waals surface area contributed by atoms with Crippen molar-refractivity contribution in [2.24, 2.45) is 0 Å². The summed E-state index contributed by atoms with van der Waals surface area (Å²) in [7, 11) is 0. The molecule has 0 aliphatic carbocycles. The maximum Gasteiger partial charge on any atom is 0.0991 e. The number of aliphatic hydroxyl groups is 1. The van der Waals surface area contributed by atoms with Crippen LogP contribution in [0.15, 0.2) is 42.5 Å². The number of hydrogen-bond acceptors (Lipinski definition) is 2. The van der Waals surface area contributed by atoms with Gasteiger partial charge in [0.1, 0.15) is 0 Å². The Hall–Kier alpha value is -1.85. The van der Waals surface area contributed by atoms with Gasteiger partial charge in [-0.25, -0.2) is 0 Å². The lowest BCUT2D eigenvalue weighted by Crippen LogP contribution is -1.83. The second kappa shape index (κ2) is 5.79. The molecule has 0 radical (unpaired) electrons.